The van der Waals surface area contributed by atoms with Crippen molar-refractivity contribution in [2.45, 2.75) is 12.5 Å². The first-order chi connectivity index (χ1) is 9.24. The quantitative estimate of drug-likeness (QED) is 0.817. The van der Waals surface area contributed by atoms with Gasteiger partial charge in [0.2, 0.25) is 5.91 Å². The second-order valence-corrected chi connectivity index (χ2v) is 4.70. The molecule has 0 spiro atoms. The molecule has 2 rings (SSSR count). The monoisotopic (exact) mass is 263 g/mol. The lowest BCUT2D eigenvalue weighted by atomic mass is 10.2. The molecule has 1 aromatic rings. The third-order valence-electron chi connectivity index (χ3n) is 3.32. The standard InChI is InChI=1S/C14H21N3O2/c1-15-9-14(18)16-11-7-8-17(10-11)12-5-3-4-6-13(12)19-2/h3-6,11,15H,7-10H2,1-2H3,(H,16,18). The van der Waals surface area contributed by atoms with Gasteiger partial charge in [0.25, 0.3) is 0 Å². The Labute approximate surface area is 113 Å². The number of anilines is 1. The Kier molecular flexibility index (Phi) is 4.63. The third-order valence-corrected chi connectivity index (χ3v) is 3.32. The van der Waals surface area contributed by atoms with E-state index in [0.29, 0.717) is 6.54 Å². The molecule has 2 N–H and O–H groups in total. The Hall–Kier alpha value is -1.75. The zero-order valence-corrected chi connectivity index (χ0v) is 11.5. The van der Waals surface area contributed by atoms with Crippen LogP contribution in [0.15, 0.2) is 24.3 Å². The number of nitrogens with one attached hydrogen (secondary N) is 2. The number of rotatable bonds is 5. The Morgan fingerprint density at radius 2 is 2.26 bits per heavy atom. The number of methoxy groups -OCH3 is 1. The molecular weight excluding hydrogens is 242 g/mol. The van der Waals surface area contributed by atoms with Gasteiger partial charge in [0.1, 0.15) is 5.75 Å². The highest BCUT2D eigenvalue weighted by molar-refractivity contribution is 5.78. The van der Waals surface area contributed by atoms with Crippen molar-refractivity contribution in [3.8, 4) is 5.75 Å². The van der Waals surface area contributed by atoms with Gasteiger partial charge in [-0.3, -0.25) is 4.79 Å². The van der Waals surface area contributed by atoms with Gasteiger partial charge >= 0.3 is 0 Å². The molecule has 5 heteroatoms. The summed E-state index contributed by atoms with van der Waals surface area (Å²) in [5.74, 6) is 0.930. The molecule has 1 amide bonds. The smallest absolute Gasteiger partial charge is 0.234 e. The third kappa shape index (κ3) is 3.38. The van der Waals surface area contributed by atoms with Crippen LogP contribution in [0.4, 0.5) is 5.69 Å². The van der Waals surface area contributed by atoms with Crippen LogP contribution >= 0.6 is 0 Å². The normalized spacial score (nSPS) is 18.4. The zero-order chi connectivity index (χ0) is 13.7. The average Bonchev–Trinajstić information content (AvgIpc) is 2.87. The topological polar surface area (TPSA) is 53.6 Å². The van der Waals surface area contributed by atoms with E-state index in [1.165, 1.54) is 0 Å². The Morgan fingerprint density at radius 1 is 1.47 bits per heavy atom. The molecule has 0 aliphatic carbocycles. The van der Waals surface area contributed by atoms with Crippen molar-refractivity contribution in [3.05, 3.63) is 24.3 Å². The van der Waals surface area contributed by atoms with Crippen LogP contribution in [0.1, 0.15) is 6.42 Å². The molecule has 0 saturated carbocycles. The van der Waals surface area contributed by atoms with Crippen molar-refractivity contribution < 1.29 is 9.53 Å². The molecule has 0 radical (unpaired) electrons. The first-order valence-corrected chi connectivity index (χ1v) is 6.56. The minimum Gasteiger partial charge on any atom is -0.495 e. The van der Waals surface area contributed by atoms with E-state index in [0.717, 1.165) is 30.9 Å². The van der Waals surface area contributed by atoms with Crippen LogP contribution in [0.2, 0.25) is 0 Å². The molecule has 1 aromatic carbocycles. The van der Waals surface area contributed by atoms with E-state index in [2.05, 4.69) is 21.6 Å². The summed E-state index contributed by atoms with van der Waals surface area (Å²) in [6, 6.07) is 8.19. The summed E-state index contributed by atoms with van der Waals surface area (Å²) in [4.78, 5) is 13.8. The fraction of sp³-hybridized carbons (Fsp3) is 0.500. The summed E-state index contributed by atoms with van der Waals surface area (Å²) in [5, 5.41) is 5.89. The van der Waals surface area contributed by atoms with E-state index in [4.69, 9.17) is 4.74 Å². The van der Waals surface area contributed by atoms with Crippen LogP contribution in [0.3, 0.4) is 0 Å². The number of likely N-dealkylation sites (N-methyl/N-ethyl adjacent to an activating group) is 1. The molecule has 19 heavy (non-hydrogen) atoms. The van der Waals surface area contributed by atoms with Gasteiger partial charge in [-0.2, -0.15) is 0 Å². The number of hydrogen-bond acceptors (Lipinski definition) is 4. The number of benzene rings is 1. The summed E-state index contributed by atoms with van der Waals surface area (Å²) in [7, 11) is 3.45. The molecular formula is C14H21N3O2. The average molecular weight is 263 g/mol. The molecule has 1 atom stereocenters. The first kappa shape index (κ1) is 13.7. The van der Waals surface area contributed by atoms with Crippen LogP contribution in [0.5, 0.6) is 5.75 Å². The number of amides is 1. The van der Waals surface area contributed by atoms with Gasteiger partial charge in [-0.25, -0.2) is 0 Å². The van der Waals surface area contributed by atoms with E-state index >= 15 is 0 Å². The number of nitrogens with zero attached hydrogens (tertiary/aromatic N) is 1. The Bertz CT molecular complexity index is 436. The van der Waals surface area contributed by atoms with Crippen LogP contribution in [0, 0.1) is 0 Å². The van der Waals surface area contributed by atoms with Crippen LogP contribution < -0.4 is 20.3 Å². The van der Waals surface area contributed by atoms with Gasteiger partial charge in [-0.05, 0) is 25.6 Å². The maximum Gasteiger partial charge on any atom is 0.234 e. The number of ether oxygens (including phenoxy) is 1. The molecule has 0 bridgehead atoms. The van der Waals surface area contributed by atoms with Gasteiger partial charge in [0, 0.05) is 19.1 Å². The van der Waals surface area contributed by atoms with E-state index in [-0.39, 0.29) is 11.9 Å². The predicted molar refractivity (Wildman–Crippen MR) is 75.7 cm³/mol. The fourth-order valence-electron chi connectivity index (χ4n) is 2.43. The maximum atomic E-state index is 11.5. The summed E-state index contributed by atoms with van der Waals surface area (Å²) >= 11 is 0. The van der Waals surface area contributed by atoms with Crippen molar-refractivity contribution in [1.82, 2.24) is 10.6 Å². The van der Waals surface area contributed by atoms with Gasteiger partial charge in [-0.15, -0.1) is 0 Å². The summed E-state index contributed by atoms with van der Waals surface area (Å²) in [5.41, 5.74) is 1.09. The lowest BCUT2D eigenvalue weighted by Gasteiger charge is -2.21. The second-order valence-electron chi connectivity index (χ2n) is 4.70. The lowest BCUT2D eigenvalue weighted by Crippen LogP contribution is -2.41. The number of para-hydroxylation sites is 2. The number of carbonyl (C=O) groups is 1. The Balaban J connectivity index is 1.96. The van der Waals surface area contributed by atoms with E-state index in [9.17, 15) is 4.79 Å². The molecule has 1 saturated heterocycles. The molecule has 1 aliphatic rings. The minimum atomic E-state index is 0.0503. The second kappa shape index (κ2) is 6.43. The largest absolute Gasteiger partial charge is 0.495 e. The molecule has 1 unspecified atom stereocenters. The van der Waals surface area contributed by atoms with Gasteiger partial charge in [0.05, 0.1) is 19.3 Å². The zero-order valence-electron chi connectivity index (χ0n) is 11.5. The van der Waals surface area contributed by atoms with E-state index in [1.54, 1.807) is 14.2 Å². The van der Waals surface area contributed by atoms with Crippen LogP contribution in [-0.4, -0.2) is 45.7 Å². The van der Waals surface area contributed by atoms with Crippen molar-refractivity contribution in [1.29, 1.82) is 0 Å². The molecule has 1 aliphatic heterocycles. The van der Waals surface area contributed by atoms with E-state index < -0.39 is 0 Å². The highest BCUT2D eigenvalue weighted by Gasteiger charge is 2.25. The Morgan fingerprint density at radius 3 is 3.00 bits per heavy atom. The minimum absolute atomic E-state index is 0.0503. The molecule has 1 fully saturated rings. The van der Waals surface area contributed by atoms with Crippen molar-refractivity contribution >= 4 is 11.6 Å². The van der Waals surface area contributed by atoms with Crippen molar-refractivity contribution in [2.24, 2.45) is 0 Å². The highest BCUT2D eigenvalue weighted by atomic mass is 16.5. The summed E-state index contributed by atoms with van der Waals surface area (Å²) in [6.07, 6.45) is 0.966. The van der Waals surface area contributed by atoms with Gasteiger partial charge < -0.3 is 20.3 Å². The maximum absolute atomic E-state index is 11.5. The highest BCUT2D eigenvalue weighted by Crippen LogP contribution is 2.30. The van der Waals surface area contributed by atoms with Crippen LogP contribution in [-0.2, 0) is 4.79 Å². The molecule has 0 aromatic heterocycles. The molecule has 5 nitrogen and oxygen atoms in total. The number of carbonyl (C=O) groups excluding carboxylic acids is 1. The molecule has 104 valence electrons. The number of hydrogen-bond donors (Lipinski definition) is 2. The SMILES string of the molecule is CNCC(=O)NC1CCN(c2ccccc2OC)C1. The fourth-order valence-corrected chi connectivity index (χ4v) is 2.43. The first-order valence-electron chi connectivity index (χ1n) is 6.56. The van der Waals surface area contributed by atoms with Crippen LogP contribution in [0.25, 0.3) is 0 Å². The van der Waals surface area contributed by atoms with E-state index in [1.807, 2.05) is 18.2 Å². The van der Waals surface area contributed by atoms with Crippen molar-refractivity contribution in [2.75, 3.05) is 38.7 Å². The summed E-state index contributed by atoms with van der Waals surface area (Å²) in [6.45, 7) is 2.13. The van der Waals surface area contributed by atoms with Crippen molar-refractivity contribution in [3.63, 3.8) is 0 Å². The van der Waals surface area contributed by atoms with Gasteiger partial charge in [-0.1, -0.05) is 12.1 Å². The lowest BCUT2D eigenvalue weighted by molar-refractivity contribution is -0.120. The van der Waals surface area contributed by atoms with Gasteiger partial charge in [0.15, 0.2) is 0 Å². The predicted octanol–water partition coefficient (Wildman–Crippen LogP) is 0.610. The summed E-state index contributed by atoms with van der Waals surface area (Å²) < 4.78 is 5.37. The molecule has 1 heterocycles.